The standard InChI is InChI=1S/C13H23P/c1-5-7-13(14)10-12(4)9-8-11(3)6-2/h5-7,11-12H,1-2,8-10,14H2,3-4H3/b13-7+. The molecule has 0 aliphatic heterocycles. The van der Waals surface area contributed by atoms with Crippen LogP contribution in [0.4, 0.5) is 0 Å². The highest BCUT2D eigenvalue weighted by molar-refractivity contribution is 7.22. The van der Waals surface area contributed by atoms with E-state index in [9.17, 15) is 0 Å². The zero-order chi connectivity index (χ0) is 11.0. The molecule has 0 aromatic heterocycles. The van der Waals surface area contributed by atoms with Crippen LogP contribution in [0.2, 0.25) is 0 Å². The van der Waals surface area contributed by atoms with Gasteiger partial charge in [-0.3, -0.25) is 0 Å². The second-order valence-electron chi connectivity index (χ2n) is 4.08. The Labute approximate surface area is 91.4 Å². The Kier molecular flexibility index (Phi) is 7.80. The summed E-state index contributed by atoms with van der Waals surface area (Å²) in [5.74, 6) is 1.40. The molecule has 0 spiro atoms. The summed E-state index contributed by atoms with van der Waals surface area (Å²) in [5.41, 5.74) is 0. The highest BCUT2D eigenvalue weighted by Crippen LogP contribution is 2.22. The van der Waals surface area contributed by atoms with Gasteiger partial charge < -0.3 is 0 Å². The van der Waals surface area contributed by atoms with Gasteiger partial charge in [0.25, 0.3) is 0 Å². The number of rotatable bonds is 7. The summed E-state index contributed by atoms with van der Waals surface area (Å²) in [6.07, 6.45) is 9.63. The van der Waals surface area contributed by atoms with Crippen LogP contribution >= 0.6 is 9.24 Å². The van der Waals surface area contributed by atoms with Crippen molar-refractivity contribution in [3.63, 3.8) is 0 Å². The quantitative estimate of drug-likeness (QED) is 0.328. The topological polar surface area (TPSA) is 0 Å². The van der Waals surface area contributed by atoms with Crippen molar-refractivity contribution in [2.24, 2.45) is 11.8 Å². The summed E-state index contributed by atoms with van der Waals surface area (Å²) in [6.45, 7) is 12.0. The van der Waals surface area contributed by atoms with E-state index in [1.165, 1.54) is 18.2 Å². The fraction of sp³-hybridized carbons (Fsp3) is 0.538. The van der Waals surface area contributed by atoms with Crippen molar-refractivity contribution in [2.75, 3.05) is 0 Å². The lowest BCUT2D eigenvalue weighted by molar-refractivity contribution is 0.473. The minimum absolute atomic E-state index is 0.647. The lowest BCUT2D eigenvalue weighted by atomic mass is 9.95. The van der Waals surface area contributed by atoms with E-state index in [0.717, 1.165) is 12.3 Å². The van der Waals surface area contributed by atoms with Crippen LogP contribution in [0.15, 0.2) is 36.7 Å². The summed E-state index contributed by atoms with van der Waals surface area (Å²) in [6, 6.07) is 0. The Morgan fingerprint density at radius 2 is 1.93 bits per heavy atom. The van der Waals surface area contributed by atoms with Crippen molar-refractivity contribution in [1.82, 2.24) is 0 Å². The molecule has 0 aromatic rings. The molecule has 3 atom stereocenters. The fourth-order valence-electron chi connectivity index (χ4n) is 1.39. The molecule has 0 nitrogen and oxygen atoms in total. The third kappa shape index (κ3) is 7.09. The first kappa shape index (κ1) is 13.7. The molecule has 0 aliphatic rings. The van der Waals surface area contributed by atoms with E-state index < -0.39 is 0 Å². The average molecular weight is 210 g/mol. The molecule has 0 rings (SSSR count). The Hall–Kier alpha value is -0.350. The lowest BCUT2D eigenvalue weighted by Crippen LogP contribution is -1.98. The third-order valence-electron chi connectivity index (χ3n) is 2.43. The van der Waals surface area contributed by atoms with Crippen molar-refractivity contribution < 1.29 is 0 Å². The summed E-state index contributed by atoms with van der Waals surface area (Å²) in [4.78, 5) is 0. The maximum absolute atomic E-state index is 3.80. The second-order valence-corrected chi connectivity index (χ2v) is 4.82. The van der Waals surface area contributed by atoms with Gasteiger partial charge in [-0.15, -0.1) is 15.8 Å². The molecular formula is C13H23P. The van der Waals surface area contributed by atoms with Crippen LogP contribution in [-0.4, -0.2) is 0 Å². The number of allylic oxidation sites excluding steroid dienone is 4. The zero-order valence-electron chi connectivity index (χ0n) is 9.50. The van der Waals surface area contributed by atoms with Gasteiger partial charge in [-0.2, -0.15) is 0 Å². The molecule has 1 heteroatoms. The smallest absolute Gasteiger partial charge is 0.0254 e. The molecule has 0 aliphatic carbocycles. The normalized spacial score (nSPS) is 16.1. The zero-order valence-corrected chi connectivity index (χ0v) is 10.7. The minimum atomic E-state index is 0.647. The van der Waals surface area contributed by atoms with E-state index in [2.05, 4.69) is 42.3 Å². The summed E-state index contributed by atoms with van der Waals surface area (Å²) in [7, 11) is 2.78. The van der Waals surface area contributed by atoms with E-state index >= 15 is 0 Å². The summed E-state index contributed by atoms with van der Waals surface area (Å²) in [5, 5.41) is 1.35. The maximum atomic E-state index is 3.80. The molecular weight excluding hydrogens is 187 g/mol. The Morgan fingerprint density at radius 3 is 2.43 bits per heavy atom. The number of hydrogen-bond donors (Lipinski definition) is 0. The molecule has 14 heavy (non-hydrogen) atoms. The van der Waals surface area contributed by atoms with Crippen LogP contribution in [0.25, 0.3) is 0 Å². The SMILES string of the molecule is C=C/C=C(/P)CC(C)CCC(C)C=C. The van der Waals surface area contributed by atoms with E-state index in [0.29, 0.717) is 5.92 Å². The van der Waals surface area contributed by atoms with Crippen molar-refractivity contribution in [3.05, 3.63) is 36.7 Å². The van der Waals surface area contributed by atoms with Gasteiger partial charge in [0.2, 0.25) is 0 Å². The van der Waals surface area contributed by atoms with Gasteiger partial charge in [-0.05, 0) is 31.1 Å². The van der Waals surface area contributed by atoms with E-state index in [1.807, 2.05) is 12.2 Å². The fourth-order valence-corrected chi connectivity index (χ4v) is 1.93. The Morgan fingerprint density at radius 1 is 1.29 bits per heavy atom. The summed E-state index contributed by atoms with van der Waals surface area (Å²) < 4.78 is 0. The molecule has 0 amide bonds. The maximum Gasteiger partial charge on any atom is -0.0254 e. The van der Waals surface area contributed by atoms with Crippen molar-refractivity contribution in [2.45, 2.75) is 33.1 Å². The largest absolute Gasteiger partial charge is 0.110 e. The first-order valence-electron chi connectivity index (χ1n) is 5.29. The van der Waals surface area contributed by atoms with Gasteiger partial charge in [-0.25, -0.2) is 0 Å². The van der Waals surface area contributed by atoms with Gasteiger partial charge in [0, 0.05) is 0 Å². The molecule has 0 heterocycles. The third-order valence-corrected chi connectivity index (χ3v) is 2.86. The second kappa shape index (κ2) is 8.00. The highest BCUT2D eigenvalue weighted by atomic mass is 31.0. The molecule has 0 saturated carbocycles. The molecule has 0 saturated heterocycles. The van der Waals surface area contributed by atoms with Gasteiger partial charge in [0.15, 0.2) is 0 Å². The predicted octanol–water partition coefficient (Wildman–Crippen LogP) is 4.56. The van der Waals surface area contributed by atoms with Crippen molar-refractivity contribution in [3.8, 4) is 0 Å². The average Bonchev–Trinajstić information content (AvgIpc) is 2.14. The van der Waals surface area contributed by atoms with E-state index in [-0.39, 0.29) is 0 Å². The van der Waals surface area contributed by atoms with Gasteiger partial charge >= 0.3 is 0 Å². The first-order valence-corrected chi connectivity index (χ1v) is 5.87. The predicted molar refractivity (Wildman–Crippen MR) is 70.4 cm³/mol. The molecule has 3 unspecified atom stereocenters. The first-order chi connectivity index (χ1) is 6.60. The van der Waals surface area contributed by atoms with Crippen molar-refractivity contribution >= 4 is 9.24 Å². The minimum Gasteiger partial charge on any atom is -0.110 e. The Bertz CT molecular complexity index is 203. The molecule has 0 bridgehead atoms. The van der Waals surface area contributed by atoms with Crippen LogP contribution in [0.5, 0.6) is 0 Å². The van der Waals surface area contributed by atoms with Crippen LogP contribution in [0.1, 0.15) is 33.1 Å². The molecule has 0 aromatic carbocycles. The molecule has 80 valence electrons. The van der Waals surface area contributed by atoms with E-state index in [1.54, 1.807) is 0 Å². The van der Waals surface area contributed by atoms with Crippen LogP contribution in [0, 0.1) is 11.8 Å². The van der Waals surface area contributed by atoms with Gasteiger partial charge in [0.05, 0.1) is 0 Å². The van der Waals surface area contributed by atoms with Crippen LogP contribution in [0.3, 0.4) is 0 Å². The highest BCUT2D eigenvalue weighted by Gasteiger charge is 2.04. The van der Waals surface area contributed by atoms with E-state index in [4.69, 9.17) is 0 Å². The van der Waals surface area contributed by atoms with Crippen LogP contribution in [-0.2, 0) is 0 Å². The van der Waals surface area contributed by atoms with Gasteiger partial charge in [0.1, 0.15) is 0 Å². The number of hydrogen-bond acceptors (Lipinski definition) is 0. The lowest BCUT2D eigenvalue weighted by Gasteiger charge is -2.13. The monoisotopic (exact) mass is 210 g/mol. The molecule has 0 radical (unpaired) electrons. The van der Waals surface area contributed by atoms with Gasteiger partial charge in [-0.1, -0.05) is 44.0 Å². The summed E-state index contributed by atoms with van der Waals surface area (Å²) >= 11 is 0. The van der Waals surface area contributed by atoms with Crippen LogP contribution < -0.4 is 0 Å². The molecule has 0 N–H and O–H groups in total. The molecule has 0 fully saturated rings. The van der Waals surface area contributed by atoms with Crippen molar-refractivity contribution in [1.29, 1.82) is 0 Å². The Balaban J connectivity index is 3.75.